The summed E-state index contributed by atoms with van der Waals surface area (Å²) < 4.78 is 5.92. The van der Waals surface area contributed by atoms with Crippen molar-refractivity contribution in [3.8, 4) is 0 Å². The highest BCUT2D eigenvalue weighted by molar-refractivity contribution is 5.44. The van der Waals surface area contributed by atoms with Gasteiger partial charge in [0.2, 0.25) is 0 Å². The zero-order chi connectivity index (χ0) is 14.0. The van der Waals surface area contributed by atoms with E-state index >= 15 is 0 Å². The average molecular weight is 264 g/mol. The number of nitrogens with zero attached hydrogens (tertiary/aromatic N) is 2. The zero-order valence-electron chi connectivity index (χ0n) is 12.3. The molecule has 19 heavy (non-hydrogen) atoms. The number of pyridine rings is 1. The Kier molecular flexibility index (Phi) is 4.11. The lowest BCUT2D eigenvalue weighted by Crippen LogP contribution is -2.52. The summed E-state index contributed by atoms with van der Waals surface area (Å²) in [6.07, 6.45) is 1.07. The Morgan fingerprint density at radius 3 is 2.79 bits per heavy atom. The van der Waals surface area contributed by atoms with Crippen LogP contribution in [0, 0.1) is 0 Å². The molecule has 1 saturated heterocycles. The molecule has 4 heteroatoms. The number of hydrogen-bond acceptors (Lipinski definition) is 4. The fourth-order valence-electron chi connectivity index (χ4n) is 2.70. The molecule has 1 atom stereocenters. The molecule has 1 aromatic heterocycles. The predicted octanol–water partition coefficient (Wildman–Crippen LogP) is 2.14. The fraction of sp³-hybridized carbons (Fsp3) is 0.667. The highest BCUT2D eigenvalue weighted by atomic mass is 16.5. The molecule has 0 radical (unpaired) electrons. The van der Waals surface area contributed by atoms with Crippen molar-refractivity contribution >= 4 is 5.82 Å². The first kappa shape index (κ1) is 14.3. The molecule has 0 saturated carbocycles. The van der Waals surface area contributed by atoms with Crippen LogP contribution in [0.15, 0.2) is 12.1 Å². The topological polar surface area (TPSA) is 45.6 Å². The molecule has 0 aliphatic carbocycles. The minimum Gasteiger partial charge on any atom is -0.392 e. The third kappa shape index (κ3) is 3.45. The van der Waals surface area contributed by atoms with Crippen molar-refractivity contribution in [3.63, 3.8) is 0 Å². The Morgan fingerprint density at radius 1 is 1.47 bits per heavy atom. The van der Waals surface area contributed by atoms with Gasteiger partial charge in [-0.25, -0.2) is 4.98 Å². The SMILES string of the molecule is CCc1cc(CO)cc(N2CC(C)OC(C)(C)C2)n1. The number of rotatable bonds is 3. The van der Waals surface area contributed by atoms with E-state index in [9.17, 15) is 5.11 Å². The van der Waals surface area contributed by atoms with Gasteiger partial charge < -0.3 is 14.7 Å². The van der Waals surface area contributed by atoms with Gasteiger partial charge in [0.1, 0.15) is 5.82 Å². The fourth-order valence-corrected chi connectivity index (χ4v) is 2.70. The number of aliphatic hydroxyl groups is 1. The molecule has 0 bridgehead atoms. The lowest BCUT2D eigenvalue weighted by atomic mass is 10.1. The van der Waals surface area contributed by atoms with Gasteiger partial charge in [0.05, 0.1) is 18.3 Å². The maximum absolute atomic E-state index is 9.36. The van der Waals surface area contributed by atoms with E-state index in [1.54, 1.807) is 0 Å². The van der Waals surface area contributed by atoms with Gasteiger partial charge in [0.25, 0.3) is 0 Å². The molecule has 1 aliphatic heterocycles. The van der Waals surface area contributed by atoms with Crippen LogP contribution in [0.25, 0.3) is 0 Å². The summed E-state index contributed by atoms with van der Waals surface area (Å²) >= 11 is 0. The van der Waals surface area contributed by atoms with Gasteiger partial charge in [-0.2, -0.15) is 0 Å². The number of anilines is 1. The number of aryl methyl sites for hydroxylation is 1. The molecule has 1 aromatic rings. The minimum atomic E-state index is -0.166. The molecule has 106 valence electrons. The molecule has 0 spiro atoms. The van der Waals surface area contributed by atoms with E-state index in [1.165, 1.54) is 0 Å². The highest BCUT2D eigenvalue weighted by Gasteiger charge is 2.32. The first-order valence-electron chi connectivity index (χ1n) is 6.97. The molecular weight excluding hydrogens is 240 g/mol. The average Bonchev–Trinajstić information content (AvgIpc) is 2.35. The van der Waals surface area contributed by atoms with Crippen molar-refractivity contribution in [1.82, 2.24) is 4.98 Å². The maximum Gasteiger partial charge on any atom is 0.129 e. The quantitative estimate of drug-likeness (QED) is 0.908. The third-order valence-electron chi connectivity index (χ3n) is 3.36. The van der Waals surface area contributed by atoms with Crippen LogP contribution in [-0.2, 0) is 17.8 Å². The van der Waals surface area contributed by atoms with E-state index in [4.69, 9.17) is 4.74 Å². The van der Waals surface area contributed by atoms with E-state index in [0.29, 0.717) is 0 Å². The Hall–Kier alpha value is -1.13. The molecule has 1 unspecified atom stereocenters. The van der Waals surface area contributed by atoms with Gasteiger partial charge in [-0.05, 0) is 44.9 Å². The molecule has 1 N–H and O–H groups in total. The van der Waals surface area contributed by atoms with Gasteiger partial charge in [-0.3, -0.25) is 0 Å². The summed E-state index contributed by atoms with van der Waals surface area (Å²) in [5, 5.41) is 9.36. The van der Waals surface area contributed by atoms with Crippen molar-refractivity contribution in [2.24, 2.45) is 0 Å². The first-order chi connectivity index (χ1) is 8.93. The third-order valence-corrected chi connectivity index (χ3v) is 3.36. The van der Waals surface area contributed by atoms with Crippen molar-refractivity contribution in [2.75, 3.05) is 18.0 Å². The van der Waals surface area contributed by atoms with Crippen molar-refractivity contribution in [3.05, 3.63) is 23.4 Å². The predicted molar refractivity (Wildman–Crippen MR) is 76.4 cm³/mol. The number of ether oxygens (including phenoxy) is 1. The van der Waals surface area contributed by atoms with Crippen LogP contribution in [0.4, 0.5) is 5.82 Å². The van der Waals surface area contributed by atoms with Gasteiger partial charge in [0.15, 0.2) is 0 Å². The first-order valence-corrected chi connectivity index (χ1v) is 6.97. The van der Waals surface area contributed by atoms with E-state index in [2.05, 4.69) is 37.6 Å². The zero-order valence-corrected chi connectivity index (χ0v) is 12.3. The van der Waals surface area contributed by atoms with Crippen LogP contribution in [0.1, 0.15) is 39.0 Å². The Bertz CT molecular complexity index is 424. The summed E-state index contributed by atoms with van der Waals surface area (Å²) in [6.45, 7) is 10.1. The Labute approximate surface area is 115 Å². The molecule has 1 fully saturated rings. The van der Waals surface area contributed by atoms with Crippen LogP contribution in [-0.4, -0.2) is 34.9 Å². The van der Waals surface area contributed by atoms with Crippen LogP contribution < -0.4 is 4.90 Å². The number of aliphatic hydroxyl groups excluding tert-OH is 1. The Morgan fingerprint density at radius 2 is 2.21 bits per heavy atom. The molecule has 0 amide bonds. The molecule has 2 heterocycles. The van der Waals surface area contributed by atoms with E-state index in [-0.39, 0.29) is 18.3 Å². The molecule has 2 rings (SSSR count). The van der Waals surface area contributed by atoms with Crippen molar-refractivity contribution in [2.45, 2.75) is 52.4 Å². The lowest BCUT2D eigenvalue weighted by Gasteiger charge is -2.42. The second kappa shape index (κ2) is 5.47. The summed E-state index contributed by atoms with van der Waals surface area (Å²) in [4.78, 5) is 6.94. The molecule has 0 aromatic carbocycles. The van der Waals surface area contributed by atoms with Gasteiger partial charge in [-0.1, -0.05) is 6.92 Å². The second-order valence-electron chi connectivity index (χ2n) is 5.91. The highest BCUT2D eigenvalue weighted by Crippen LogP contribution is 2.25. The standard InChI is InChI=1S/C15H24N2O2/c1-5-13-6-12(9-18)7-14(16-13)17-8-11(2)19-15(3,4)10-17/h6-7,11,18H,5,8-10H2,1-4H3. The summed E-state index contributed by atoms with van der Waals surface area (Å²) in [5.74, 6) is 0.951. The second-order valence-corrected chi connectivity index (χ2v) is 5.91. The molecule has 1 aliphatic rings. The van der Waals surface area contributed by atoms with Gasteiger partial charge in [0, 0.05) is 18.8 Å². The van der Waals surface area contributed by atoms with Crippen LogP contribution in [0.3, 0.4) is 0 Å². The number of hydrogen-bond donors (Lipinski definition) is 1. The van der Waals surface area contributed by atoms with E-state index < -0.39 is 0 Å². The molecule has 4 nitrogen and oxygen atoms in total. The Balaban J connectivity index is 2.29. The largest absolute Gasteiger partial charge is 0.392 e. The lowest BCUT2D eigenvalue weighted by molar-refractivity contribution is -0.0751. The monoisotopic (exact) mass is 264 g/mol. The van der Waals surface area contributed by atoms with Gasteiger partial charge in [-0.15, -0.1) is 0 Å². The summed E-state index contributed by atoms with van der Waals surface area (Å²) in [5.41, 5.74) is 1.79. The van der Waals surface area contributed by atoms with Crippen LogP contribution in [0.2, 0.25) is 0 Å². The smallest absolute Gasteiger partial charge is 0.129 e. The van der Waals surface area contributed by atoms with Crippen molar-refractivity contribution < 1.29 is 9.84 Å². The minimum absolute atomic E-state index is 0.0613. The summed E-state index contributed by atoms with van der Waals surface area (Å²) in [6, 6.07) is 3.95. The maximum atomic E-state index is 9.36. The normalized spacial score (nSPS) is 22.6. The van der Waals surface area contributed by atoms with Crippen molar-refractivity contribution in [1.29, 1.82) is 0 Å². The van der Waals surface area contributed by atoms with E-state index in [0.717, 1.165) is 36.6 Å². The van der Waals surface area contributed by atoms with Crippen LogP contribution in [0.5, 0.6) is 0 Å². The number of aromatic nitrogens is 1. The number of morpholine rings is 1. The van der Waals surface area contributed by atoms with E-state index in [1.807, 2.05) is 12.1 Å². The summed E-state index contributed by atoms with van der Waals surface area (Å²) in [7, 11) is 0. The molecular formula is C15H24N2O2. The van der Waals surface area contributed by atoms with Crippen LogP contribution >= 0.6 is 0 Å². The van der Waals surface area contributed by atoms with Gasteiger partial charge >= 0.3 is 0 Å².